The van der Waals surface area contributed by atoms with Gasteiger partial charge in [-0.2, -0.15) is 0 Å². The number of thioether (sulfide) groups is 1. The molecule has 0 amide bonds. The number of halogens is 3. The van der Waals surface area contributed by atoms with E-state index in [1.165, 1.54) is 0 Å². The van der Waals surface area contributed by atoms with E-state index in [-0.39, 0.29) is 0 Å². The van der Waals surface area contributed by atoms with Crippen molar-refractivity contribution >= 4 is 55.2 Å². The van der Waals surface area contributed by atoms with Gasteiger partial charge in [-0.1, -0.05) is 33.6 Å². The van der Waals surface area contributed by atoms with Gasteiger partial charge in [0.15, 0.2) is 0 Å². The second-order valence-corrected chi connectivity index (χ2v) is 6.99. The summed E-state index contributed by atoms with van der Waals surface area (Å²) in [6.07, 6.45) is 0. The summed E-state index contributed by atoms with van der Waals surface area (Å²) in [6.45, 7) is 0.400. The summed E-state index contributed by atoms with van der Waals surface area (Å²) >= 11 is 14.6. The van der Waals surface area contributed by atoms with Gasteiger partial charge in [-0.3, -0.25) is 0 Å². The summed E-state index contributed by atoms with van der Waals surface area (Å²) in [6, 6.07) is 8.10. The van der Waals surface area contributed by atoms with Crippen LogP contribution in [0.25, 0.3) is 0 Å². The van der Waals surface area contributed by atoms with Gasteiger partial charge in [-0.25, -0.2) is 9.97 Å². The van der Waals surface area contributed by atoms with Gasteiger partial charge in [0.05, 0.1) is 22.5 Å². The molecule has 0 bridgehead atoms. The lowest BCUT2D eigenvalue weighted by Gasteiger charge is -2.07. The molecule has 0 saturated carbocycles. The summed E-state index contributed by atoms with van der Waals surface area (Å²) in [5.41, 5.74) is 0.761. The van der Waals surface area contributed by atoms with E-state index in [1.807, 2.05) is 18.2 Å². The van der Waals surface area contributed by atoms with Crippen molar-refractivity contribution < 1.29 is 4.74 Å². The van der Waals surface area contributed by atoms with Gasteiger partial charge in [0.1, 0.15) is 11.0 Å². The van der Waals surface area contributed by atoms with E-state index in [9.17, 15) is 0 Å². The third-order valence-electron chi connectivity index (χ3n) is 2.37. The van der Waals surface area contributed by atoms with E-state index in [2.05, 4.69) is 47.9 Å². The molecule has 0 spiro atoms. The van der Waals surface area contributed by atoms with Crippen LogP contribution < -0.4 is 0 Å². The van der Waals surface area contributed by atoms with Gasteiger partial charge in [-0.15, -0.1) is 11.8 Å². The van der Waals surface area contributed by atoms with Gasteiger partial charge in [0.2, 0.25) is 0 Å². The van der Waals surface area contributed by atoms with Crippen molar-refractivity contribution in [3.05, 3.63) is 49.9 Å². The summed E-state index contributed by atoms with van der Waals surface area (Å²) in [5.74, 6) is 1.34. The quantitative estimate of drug-likeness (QED) is 0.481. The molecule has 0 radical (unpaired) electrons. The molecule has 1 heterocycles. The molecular formula is C13H11Br2ClN2OS. The molecule has 1 aromatic heterocycles. The first-order valence-electron chi connectivity index (χ1n) is 5.68. The largest absolute Gasteiger partial charge is 0.378 e. The Morgan fingerprint density at radius 1 is 1.30 bits per heavy atom. The Bertz CT molecular complexity index is 613. The normalized spacial score (nSPS) is 10.8. The molecule has 0 atom stereocenters. The second kappa shape index (κ2) is 7.75. The highest BCUT2D eigenvalue weighted by Gasteiger charge is 2.11. The monoisotopic (exact) mass is 436 g/mol. The summed E-state index contributed by atoms with van der Waals surface area (Å²) in [7, 11) is 1.62. The van der Waals surface area contributed by atoms with Gasteiger partial charge in [0.25, 0.3) is 0 Å². The molecule has 0 fully saturated rings. The minimum atomic E-state index is 0.400. The molecule has 2 aromatic rings. The Labute approximate surface area is 143 Å². The van der Waals surface area contributed by atoms with E-state index in [0.29, 0.717) is 27.8 Å². The van der Waals surface area contributed by atoms with Crippen LogP contribution in [-0.4, -0.2) is 17.1 Å². The average Bonchev–Trinajstić information content (AvgIpc) is 2.42. The molecular weight excluding hydrogens is 427 g/mol. The van der Waals surface area contributed by atoms with E-state index in [1.54, 1.807) is 18.9 Å². The minimum Gasteiger partial charge on any atom is -0.378 e. The topological polar surface area (TPSA) is 35.0 Å². The van der Waals surface area contributed by atoms with E-state index < -0.39 is 0 Å². The molecule has 7 heteroatoms. The van der Waals surface area contributed by atoms with Crippen LogP contribution in [0.4, 0.5) is 0 Å². The van der Waals surface area contributed by atoms with Crippen molar-refractivity contribution in [3.63, 3.8) is 0 Å². The number of ether oxygens (including phenoxy) is 1. The molecule has 0 saturated heterocycles. The van der Waals surface area contributed by atoms with Crippen LogP contribution >= 0.6 is 55.2 Å². The predicted octanol–water partition coefficient (Wildman–Crippen LogP) is 5.09. The van der Waals surface area contributed by atoms with Crippen LogP contribution in [0.5, 0.6) is 0 Å². The Morgan fingerprint density at radius 2 is 2.10 bits per heavy atom. The predicted molar refractivity (Wildman–Crippen MR) is 89.2 cm³/mol. The Balaban J connectivity index is 2.13. The lowest BCUT2D eigenvalue weighted by molar-refractivity contribution is 0.180. The highest BCUT2D eigenvalue weighted by molar-refractivity contribution is 9.10. The van der Waals surface area contributed by atoms with Crippen LogP contribution in [0.2, 0.25) is 5.15 Å². The zero-order valence-corrected chi connectivity index (χ0v) is 15.3. The summed E-state index contributed by atoms with van der Waals surface area (Å²) in [5, 5.41) is 0.414. The van der Waals surface area contributed by atoms with Gasteiger partial charge in [-0.05, 0) is 34.1 Å². The van der Waals surface area contributed by atoms with Crippen molar-refractivity contribution in [3.8, 4) is 0 Å². The van der Waals surface area contributed by atoms with Crippen molar-refractivity contribution in [2.45, 2.75) is 17.3 Å². The maximum atomic E-state index is 6.09. The zero-order valence-electron chi connectivity index (χ0n) is 10.6. The Hall–Kier alpha value is -0.140. The fraction of sp³-hybridized carbons (Fsp3) is 0.231. The molecule has 2 rings (SSSR count). The third kappa shape index (κ3) is 4.43. The highest BCUT2D eigenvalue weighted by Crippen LogP contribution is 2.28. The average molecular weight is 439 g/mol. The smallest absolute Gasteiger partial charge is 0.147 e. The van der Waals surface area contributed by atoms with Crippen LogP contribution in [-0.2, 0) is 17.1 Å². The molecule has 0 N–H and O–H groups in total. The molecule has 20 heavy (non-hydrogen) atoms. The molecule has 0 unspecified atom stereocenters. The van der Waals surface area contributed by atoms with Gasteiger partial charge < -0.3 is 4.74 Å². The molecule has 3 nitrogen and oxygen atoms in total. The highest BCUT2D eigenvalue weighted by atomic mass is 79.9. The maximum Gasteiger partial charge on any atom is 0.147 e. The van der Waals surface area contributed by atoms with Crippen LogP contribution in [0, 0.1) is 0 Å². The number of methoxy groups -OCH3 is 1. The number of aromatic nitrogens is 2. The molecule has 106 valence electrons. The Kier molecular flexibility index (Phi) is 6.29. The SMILES string of the molecule is COCc1nc(CSc2cccc(Br)c2)nc(Cl)c1Br. The number of hydrogen-bond donors (Lipinski definition) is 0. The maximum absolute atomic E-state index is 6.09. The third-order valence-corrected chi connectivity index (χ3v) is 5.19. The lowest BCUT2D eigenvalue weighted by atomic mass is 10.4. The number of hydrogen-bond acceptors (Lipinski definition) is 4. The minimum absolute atomic E-state index is 0.400. The molecule has 0 aliphatic carbocycles. The van der Waals surface area contributed by atoms with Crippen molar-refractivity contribution in [1.29, 1.82) is 0 Å². The summed E-state index contributed by atoms with van der Waals surface area (Å²) < 4.78 is 6.85. The molecule has 0 aliphatic rings. The van der Waals surface area contributed by atoms with Crippen molar-refractivity contribution in [1.82, 2.24) is 9.97 Å². The first-order valence-corrected chi connectivity index (χ1v) is 8.63. The first kappa shape index (κ1) is 16.2. The zero-order chi connectivity index (χ0) is 14.5. The molecule has 1 aromatic carbocycles. The first-order chi connectivity index (χ1) is 9.60. The summed E-state index contributed by atoms with van der Waals surface area (Å²) in [4.78, 5) is 9.88. The van der Waals surface area contributed by atoms with E-state index >= 15 is 0 Å². The van der Waals surface area contributed by atoms with Crippen LogP contribution in [0.1, 0.15) is 11.5 Å². The van der Waals surface area contributed by atoms with E-state index in [0.717, 1.165) is 15.1 Å². The molecule has 0 aliphatic heterocycles. The van der Waals surface area contributed by atoms with Crippen LogP contribution in [0.3, 0.4) is 0 Å². The van der Waals surface area contributed by atoms with Gasteiger partial charge in [0, 0.05) is 16.5 Å². The lowest BCUT2D eigenvalue weighted by Crippen LogP contribution is -2.02. The van der Waals surface area contributed by atoms with E-state index in [4.69, 9.17) is 16.3 Å². The number of nitrogens with zero attached hydrogens (tertiary/aromatic N) is 2. The fourth-order valence-corrected chi connectivity index (χ4v) is 3.37. The standard InChI is InChI=1S/C13H11Br2ClN2OS/c1-19-6-10-12(15)13(16)18-11(17-10)7-20-9-4-2-3-8(14)5-9/h2-5H,6-7H2,1H3. The van der Waals surface area contributed by atoms with Gasteiger partial charge >= 0.3 is 0 Å². The van der Waals surface area contributed by atoms with Crippen molar-refractivity contribution in [2.24, 2.45) is 0 Å². The number of benzene rings is 1. The number of rotatable bonds is 5. The second-order valence-electron chi connectivity index (χ2n) is 3.87. The van der Waals surface area contributed by atoms with Crippen molar-refractivity contribution in [2.75, 3.05) is 7.11 Å². The fourth-order valence-electron chi connectivity index (χ4n) is 1.51. The van der Waals surface area contributed by atoms with Crippen LogP contribution in [0.15, 0.2) is 38.1 Å². The Morgan fingerprint density at radius 3 is 2.80 bits per heavy atom.